The highest BCUT2D eigenvalue weighted by molar-refractivity contribution is 7.80. The van der Waals surface area contributed by atoms with Gasteiger partial charge >= 0.3 is 6.03 Å². The highest BCUT2D eigenvalue weighted by Crippen LogP contribution is 2.11. The Morgan fingerprint density at radius 1 is 1.33 bits per heavy atom. The standard InChI is InChI=1S/C8H10N2OS/c1-9-8(11)10-6-2-4-7(12)5-3-6/h2-5,12H,1H3,(H2,9,10,11). The Labute approximate surface area is 76.6 Å². The molecule has 0 aliphatic rings. The average molecular weight is 182 g/mol. The van der Waals surface area contributed by atoms with Gasteiger partial charge in [0, 0.05) is 17.6 Å². The molecule has 0 unspecified atom stereocenters. The molecule has 2 amide bonds. The minimum Gasteiger partial charge on any atom is -0.341 e. The van der Waals surface area contributed by atoms with Crippen molar-refractivity contribution in [3.05, 3.63) is 24.3 Å². The number of urea groups is 1. The lowest BCUT2D eigenvalue weighted by atomic mass is 10.3. The minimum atomic E-state index is -0.220. The first-order valence-corrected chi connectivity index (χ1v) is 3.95. The van der Waals surface area contributed by atoms with Crippen LogP contribution in [0.4, 0.5) is 10.5 Å². The molecular weight excluding hydrogens is 172 g/mol. The van der Waals surface area contributed by atoms with Crippen LogP contribution in [0.3, 0.4) is 0 Å². The van der Waals surface area contributed by atoms with Gasteiger partial charge in [-0.3, -0.25) is 0 Å². The van der Waals surface area contributed by atoms with E-state index in [0.717, 1.165) is 10.6 Å². The molecule has 0 heterocycles. The lowest BCUT2D eigenvalue weighted by Crippen LogP contribution is -2.24. The molecule has 4 heteroatoms. The van der Waals surface area contributed by atoms with Crippen LogP contribution in [0.25, 0.3) is 0 Å². The molecule has 1 aromatic rings. The van der Waals surface area contributed by atoms with Crippen molar-refractivity contribution in [2.45, 2.75) is 4.90 Å². The molecule has 0 fully saturated rings. The van der Waals surface area contributed by atoms with Gasteiger partial charge in [0.05, 0.1) is 0 Å². The summed E-state index contributed by atoms with van der Waals surface area (Å²) < 4.78 is 0. The largest absolute Gasteiger partial charge is 0.341 e. The first kappa shape index (κ1) is 8.93. The number of nitrogens with one attached hydrogen (secondary N) is 2. The zero-order valence-corrected chi connectivity index (χ0v) is 7.56. The van der Waals surface area contributed by atoms with E-state index in [1.54, 1.807) is 19.2 Å². The monoisotopic (exact) mass is 182 g/mol. The summed E-state index contributed by atoms with van der Waals surface area (Å²) in [6, 6.07) is 6.99. The van der Waals surface area contributed by atoms with Gasteiger partial charge in [-0.15, -0.1) is 12.6 Å². The van der Waals surface area contributed by atoms with E-state index in [2.05, 4.69) is 23.3 Å². The van der Waals surface area contributed by atoms with Gasteiger partial charge in [0.25, 0.3) is 0 Å². The second-order valence-electron chi connectivity index (χ2n) is 2.25. The van der Waals surface area contributed by atoms with Gasteiger partial charge in [0.15, 0.2) is 0 Å². The topological polar surface area (TPSA) is 41.1 Å². The van der Waals surface area contributed by atoms with Gasteiger partial charge in [0.2, 0.25) is 0 Å². The van der Waals surface area contributed by atoms with E-state index in [1.165, 1.54) is 0 Å². The first-order chi connectivity index (χ1) is 5.72. The second kappa shape index (κ2) is 4.01. The Balaban J connectivity index is 2.64. The van der Waals surface area contributed by atoms with Crippen LogP contribution >= 0.6 is 12.6 Å². The zero-order valence-electron chi connectivity index (χ0n) is 6.66. The third kappa shape index (κ3) is 2.47. The van der Waals surface area contributed by atoms with E-state index in [9.17, 15) is 4.79 Å². The summed E-state index contributed by atoms with van der Waals surface area (Å²) in [7, 11) is 1.57. The maximum Gasteiger partial charge on any atom is 0.318 e. The molecule has 0 saturated carbocycles. The van der Waals surface area contributed by atoms with Gasteiger partial charge in [0.1, 0.15) is 0 Å². The Bertz CT molecular complexity index is 271. The molecule has 0 atom stereocenters. The summed E-state index contributed by atoms with van der Waals surface area (Å²) in [5.74, 6) is 0. The predicted octanol–water partition coefficient (Wildman–Crippen LogP) is 1.73. The highest BCUT2D eigenvalue weighted by atomic mass is 32.1. The van der Waals surface area contributed by atoms with E-state index in [0.29, 0.717) is 0 Å². The van der Waals surface area contributed by atoms with Crippen LogP contribution in [-0.4, -0.2) is 13.1 Å². The molecule has 64 valence electrons. The fourth-order valence-electron chi connectivity index (χ4n) is 0.738. The van der Waals surface area contributed by atoms with Crippen molar-refractivity contribution >= 4 is 24.3 Å². The van der Waals surface area contributed by atoms with E-state index in [4.69, 9.17) is 0 Å². The maximum atomic E-state index is 10.8. The van der Waals surface area contributed by atoms with Gasteiger partial charge in [-0.25, -0.2) is 4.79 Å². The summed E-state index contributed by atoms with van der Waals surface area (Å²) >= 11 is 4.12. The highest BCUT2D eigenvalue weighted by Gasteiger charge is 1.96. The van der Waals surface area contributed by atoms with Crippen molar-refractivity contribution in [3.63, 3.8) is 0 Å². The second-order valence-corrected chi connectivity index (χ2v) is 2.77. The van der Waals surface area contributed by atoms with Crippen LogP contribution in [0.15, 0.2) is 29.2 Å². The van der Waals surface area contributed by atoms with E-state index in [-0.39, 0.29) is 6.03 Å². The normalized spacial score (nSPS) is 9.17. The molecule has 0 bridgehead atoms. The number of hydrogen-bond donors (Lipinski definition) is 3. The molecule has 1 aromatic carbocycles. The van der Waals surface area contributed by atoms with Crippen molar-refractivity contribution in [1.82, 2.24) is 5.32 Å². The fourth-order valence-corrected chi connectivity index (χ4v) is 0.887. The zero-order chi connectivity index (χ0) is 8.97. The number of benzene rings is 1. The molecule has 0 radical (unpaired) electrons. The van der Waals surface area contributed by atoms with Crippen LogP contribution in [0.1, 0.15) is 0 Å². The van der Waals surface area contributed by atoms with Crippen molar-refractivity contribution in [3.8, 4) is 0 Å². The molecule has 0 saturated heterocycles. The summed E-state index contributed by atoms with van der Waals surface area (Å²) in [5, 5.41) is 5.09. The number of anilines is 1. The Hall–Kier alpha value is -1.16. The third-order valence-electron chi connectivity index (χ3n) is 1.35. The molecular formula is C8H10N2OS. The van der Waals surface area contributed by atoms with Crippen molar-refractivity contribution < 1.29 is 4.79 Å². The van der Waals surface area contributed by atoms with Gasteiger partial charge in [-0.05, 0) is 24.3 Å². The third-order valence-corrected chi connectivity index (χ3v) is 1.65. The number of carbonyl (C=O) groups is 1. The number of hydrogen-bond acceptors (Lipinski definition) is 2. The van der Waals surface area contributed by atoms with Gasteiger partial charge < -0.3 is 10.6 Å². The Kier molecular flexibility index (Phi) is 2.99. The number of amides is 2. The van der Waals surface area contributed by atoms with Crippen molar-refractivity contribution in [2.75, 3.05) is 12.4 Å². The maximum absolute atomic E-state index is 10.8. The van der Waals surface area contributed by atoms with Crippen molar-refractivity contribution in [2.24, 2.45) is 0 Å². The summed E-state index contributed by atoms with van der Waals surface area (Å²) in [4.78, 5) is 11.7. The smallest absolute Gasteiger partial charge is 0.318 e. The van der Waals surface area contributed by atoms with Crippen LogP contribution in [0.5, 0.6) is 0 Å². The number of thiol groups is 1. The van der Waals surface area contributed by atoms with E-state index in [1.807, 2.05) is 12.1 Å². The van der Waals surface area contributed by atoms with Crippen LogP contribution < -0.4 is 10.6 Å². The van der Waals surface area contributed by atoms with Crippen LogP contribution in [-0.2, 0) is 0 Å². The minimum absolute atomic E-state index is 0.220. The quantitative estimate of drug-likeness (QED) is 0.569. The number of carbonyl (C=O) groups excluding carboxylic acids is 1. The molecule has 0 aliphatic heterocycles. The fraction of sp³-hybridized carbons (Fsp3) is 0.125. The molecule has 0 aromatic heterocycles. The van der Waals surface area contributed by atoms with Crippen LogP contribution in [0, 0.1) is 0 Å². The number of rotatable bonds is 1. The SMILES string of the molecule is CNC(=O)Nc1ccc(S)cc1. The molecule has 1 rings (SSSR count). The van der Waals surface area contributed by atoms with Crippen LogP contribution in [0.2, 0.25) is 0 Å². The first-order valence-electron chi connectivity index (χ1n) is 3.50. The molecule has 3 nitrogen and oxygen atoms in total. The Morgan fingerprint density at radius 3 is 2.42 bits per heavy atom. The molecule has 2 N–H and O–H groups in total. The summed E-state index contributed by atoms with van der Waals surface area (Å²) in [6.45, 7) is 0. The van der Waals surface area contributed by atoms with Gasteiger partial charge in [-0.2, -0.15) is 0 Å². The lowest BCUT2D eigenvalue weighted by Gasteiger charge is -2.03. The predicted molar refractivity (Wildman–Crippen MR) is 51.8 cm³/mol. The lowest BCUT2D eigenvalue weighted by molar-refractivity contribution is 0.254. The Morgan fingerprint density at radius 2 is 1.92 bits per heavy atom. The summed E-state index contributed by atoms with van der Waals surface area (Å²) in [5.41, 5.74) is 0.757. The van der Waals surface area contributed by atoms with E-state index < -0.39 is 0 Å². The molecule has 0 aliphatic carbocycles. The van der Waals surface area contributed by atoms with E-state index >= 15 is 0 Å². The molecule has 0 spiro atoms. The van der Waals surface area contributed by atoms with Gasteiger partial charge in [-0.1, -0.05) is 0 Å². The average Bonchev–Trinajstić information content (AvgIpc) is 2.09. The molecule has 12 heavy (non-hydrogen) atoms. The van der Waals surface area contributed by atoms with Crippen molar-refractivity contribution in [1.29, 1.82) is 0 Å². The summed E-state index contributed by atoms with van der Waals surface area (Å²) in [6.07, 6.45) is 0.